The molecular weight excluding hydrogens is 481 g/mol. The number of carbonyl (C=O) groups is 1. The number of carbonyl (C=O) groups excluding carboxylic acids is 1. The molecule has 0 bridgehead atoms. The van der Waals surface area contributed by atoms with Gasteiger partial charge >= 0.3 is 6.18 Å². The first kappa shape index (κ1) is 26.6. The number of aryl methyl sites for hydroxylation is 2. The Hall–Kier alpha value is -3.05. The Labute approximate surface area is 207 Å². The molecule has 0 fully saturated rings. The summed E-state index contributed by atoms with van der Waals surface area (Å²) in [6.45, 7) is 3.80. The molecule has 0 saturated heterocycles. The summed E-state index contributed by atoms with van der Waals surface area (Å²) in [5, 5.41) is 0. The Bertz CT molecular complexity index is 1290. The van der Waals surface area contributed by atoms with Gasteiger partial charge in [0.1, 0.15) is 11.4 Å². The van der Waals surface area contributed by atoms with Crippen LogP contribution in [0.1, 0.15) is 39.8 Å². The quantitative estimate of drug-likeness (QED) is 0.509. The molecule has 1 atom stereocenters. The molecule has 1 amide bonds. The maximum Gasteiger partial charge on any atom is 0.416 e. The zero-order valence-electron chi connectivity index (χ0n) is 19.6. The van der Waals surface area contributed by atoms with Crippen LogP contribution in [0.2, 0.25) is 0 Å². The number of hydrogen-bond donors (Lipinski definition) is 0. The Balaban J connectivity index is 0.00000342. The van der Waals surface area contributed by atoms with E-state index in [1.54, 1.807) is 42.2 Å². The molecule has 1 aliphatic heterocycles. The highest BCUT2D eigenvalue weighted by molar-refractivity contribution is 7.59. The van der Waals surface area contributed by atoms with E-state index in [1.807, 2.05) is 6.92 Å². The molecule has 3 heterocycles. The molecule has 0 aliphatic carbocycles. The number of imidazole rings is 1. The van der Waals surface area contributed by atoms with Gasteiger partial charge in [0, 0.05) is 26.4 Å². The van der Waals surface area contributed by atoms with Gasteiger partial charge < -0.3 is 14.2 Å². The highest BCUT2D eigenvalue weighted by atomic mass is 32.1. The normalized spacial score (nSPS) is 15.7. The number of methoxy groups -OCH3 is 1. The first-order valence-electron chi connectivity index (χ1n) is 10.9. The molecule has 11 heteroatoms. The van der Waals surface area contributed by atoms with Gasteiger partial charge in [-0.05, 0) is 43.2 Å². The molecule has 4 rings (SSSR count). The minimum absolute atomic E-state index is 0. The number of fused-ring (bicyclic) bond motifs is 1. The Morgan fingerprint density at radius 2 is 1.91 bits per heavy atom. The van der Waals surface area contributed by atoms with E-state index in [9.17, 15) is 22.8 Å². The molecule has 7 nitrogen and oxygen atoms in total. The highest BCUT2D eigenvalue weighted by Gasteiger charge is 2.35. The molecule has 1 unspecified atom stereocenters. The van der Waals surface area contributed by atoms with Gasteiger partial charge in [0.25, 0.3) is 11.5 Å². The summed E-state index contributed by atoms with van der Waals surface area (Å²) in [6, 6.07) is 6.36. The fraction of sp³-hybridized carbons (Fsp3) is 0.375. The van der Waals surface area contributed by atoms with Crippen molar-refractivity contribution in [3.63, 3.8) is 0 Å². The third kappa shape index (κ3) is 5.30. The fourth-order valence-corrected chi connectivity index (χ4v) is 4.28. The second-order valence-corrected chi connectivity index (χ2v) is 8.39. The molecule has 0 radical (unpaired) electrons. The van der Waals surface area contributed by atoms with Crippen molar-refractivity contribution >= 4 is 19.4 Å². The van der Waals surface area contributed by atoms with Gasteiger partial charge in [0.2, 0.25) is 0 Å². The maximum atomic E-state index is 13.4. The van der Waals surface area contributed by atoms with Crippen molar-refractivity contribution in [3.8, 4) is 5.69 Å². The lowest BCUT2D eigenvalue weighted by Crippen LogP contribution is -2.52. The third-order valence-corrected chi connectivity index (χ3v) is 5.92. The number of alkyl halides is 3. The number of hydrogen-bond acceptors (Lipinski definition) is 4. The lowest BCUT2D eigenvalue weighted by molar-refractivity contribution is -0.137. The first-order valence-corrected chi connectivity index (χ1v) is 10.9. The largest absolute Gasteiger partial charge is 0.416 e. The van der Waals surface area contributed by atoms with Gasteiger partial charge in [0.15, 0.2) is 0 Å². The first-order chi connectivity index (χ1) is 16.1. The Morgan fingerprint density at radius 3 is 2.54 bits per heavy atom. The summed E-state index contributed by atoms with van der Waals surface area (Å²) in [7, 11) is 1.48. The van der Waals surface area contributed by atoms with Crippen LogP contribution in [-0.2, 0) is 30.4 Å². The minimum Gasteiger partial charge on any atom is -0.382 e. The van der Waals surface area contributed by atoms with Crippen molar-refractivity contribution in [3.05, 3.63) is 81.3 Å². The lowest BCUT2D eigenvalue weighted by atomic mass is 10.0. The summed E-state index contributed by atoms with van der Waals surface area (Å²) in [6.07, 6.45) is -0.442. The lowest BCUT2D eigenvalue weighted by Gasteiger charge is -2.37. The minimum atomic E-state index is -4.49. The maximum absolute atomic E-state index is 13.4. The van der Waals surface area contributed by atoms with Crippen LogP contribution in [0.4, 0.5) is 13.2 Å². The number of amides is 1. The molecule has 0 saturated carbocycles. The van der Waals surface area contributed by atoms with Crippen LogP contribution in [0.25, 0.3) is 5.69 Å². The van der Waals surface area contributed by atoms with E-state index in [0.29, 0.717) is 16.8 Å². The second kappa shape index (κ2) is 10.3. The monoisotopic (exact) mass is 508 g/mol. The third-order valence-electron chi connectivity index (χ3n) is 5.92. The van der Waals surface area contributed by atoms with Crippen LogP contribution in [-0.4, -0.2) is 44.7 Å². The van der Waals surface area contributed by atoms with Crippen LogP contribution < -0.4 is 5.56 Å². The van der Waals surface area contributed by atoms with Crippen molar-refractivity contribution < 1.29 is 22.7 Å². The fourth-order valence-electron chi connectivity index (χ4n) is 4.28. The van der Waals surface area contributed by atoms with Gasteiger partial charge in [0.05, 0.1) is 30.2 Å². The number of benzene rings is 1. The zero-order valence-corrected chi connectivity index (χ0v) is 20.6. The van der Waals surface area contributed by atoms with Gasteiger partial charge in [-0.1, -0.05) is 18.6 Å². The second-order valence-electron chi connectivity index (χ2n) is 8.39. The summed E-state index contributed by atoms with van der Waals surface area (Å²) >= 11 is 0. The average molecular weight is 509 g/mol. The predicted molar refractivity (Wildman–Crippen MR) is 129 cm³/mol. The number of pyridine rings is 1. The number of nitrogens with zero attached hydrogens (tertiary/aromatic N) is 4. The van der Waals surface area contributed by atoms with Crippen molar-refractivity contribution in [2.75, 3.05) is 13.7 Å². The Kier molecular flexibility index (Phi) is 7.80. The van der Waals surface area contributed by atoms with E-state index in [0.717, 1.165) is 24.2 Å². The van der Waals surface area contributed by atoms with Gasteiger partial charge in [-0.15, -0.1) is 0 Å². The van der Waals surface area contributed by atoms with Crippen molar-refractivity contribution in [1.29, 1.82) is 0 Å². The smallest absolute Gasteiger partial charge is 0.382 e. The topological polar surface area (TPSA) is 69.4 Å². The molecule has 3 aromatic rings. The number of halogens is 3. The van der Waals surface area contributed by atoms with E-state index in [2.05, 4.69) is 4.98 Å². The number of ether oxygens (including phenoxy) is 1. The molecule has 0 N–H and O–H groups in total. The van der Waals surface area contributed by atoms with Crippen molar-refractivity contribution in [2.45, 2.75) is 45.6 Å². The SMILES string of the molecule is CCc1cn(-c2ccc3n(c2=O)CC(COC)N(Cc2cc(C)cc(C(F)(F)F)c2)C3=O)cn1.S. The van der Waals surface area contributed by atoms with E-state index in [4.69, 9.17) is 4.74 Å². The molecule has 2 aromatic heterocycles. The van der Waals surface area contributed by atoms with Crippen LogP contribution in [0, 0.1) is 6.92 Å². The summed E-state index contributed by atoms with van der Waals surface area (Å²) in [5.41, 5.74) is 1.08. The van der Waals surface area contributed by atoms with E-state index in [1.165, 1.54) is 16.6 Å². The summed E-state index contributed by atoms with van der Waals surface area (Å²) in [5.74, 6) is -0.438. The summed E-state index contributed by atoms with van der Waals surface area (Å²) in [4.78, 5) is 32.4. The van der Waals surface area contributed by atoms with Crippen LogP contribution >= 0.6 is 13.5 Å². The average Bonchev–Trinajstić information content (AvgIpc) is 3.25. The number of aromatic nitrogens is 3. The molecule has 1 aliphatic rings. The predicted octanol–water partition coefficient (Wildman–Crippen LogP) is 3.71. The highest BCUT2D eigenvalue weighted by Crippen LogP contribution is 2.31. The Morgan fingerprint density at radius 1 is 1.17 bits per heavy atom. The van der Waals surface area contributed by atoms with E-state index in [-0.39, 0.29) is 44.4 Å². The molecular formula is C24H27F3N4O3S. The van der Waals surface area contributed by atoms with E-state index < -0.39 is 23.7 Å². The van der Waals surface area contributed by atoms with Crippen LogP contribution in [0.15, 0.2) is 47.7 Å². The number of rotatable bonds is 6. The van der Waals surface area contributed by atoms with Gasteiger partial charge in [-0.2, -0.15) is 26.7 Å². The molecule has 188 valence electrons. The molecule has 0 spiro atoms. The summed E-state index contributed by atoms with van der Waals surface area (Å²) < 4.78 is 48.2. The van der Waals surface area contributed by atoms with Gasteiger partial charge in [-0.25, -0.2) is 4.98 Å². The van der Waals surface area contributed by atoms with Crippen molar-refractivity contribution in [2.24, 2.45) is 0 Å². The van der Waals surface area contributed by atoms with E-state index >= 15 is 0 Å². The van der Waals surface area contributed by atoms with Crippen molar-refractivity contribution in [1.82, 2.24) is 19.0 Å². The van der Waals surface area contributed by atoms with Crippen LogP contribution in [0.3, 0.4) is 0 Å². The standard InChI is InChI=1S/C24H25F3N4O3.H2S/c1-4-18-11-29(14-28-18)20-5-6-21-23(33)30(19(13-34-3)12-31(21)22(20)32)10-16-7-15(2)8-17(9-16)24(25,26)27;/h5-9,11,14,19H,4,10,12-13H2,1-3H3;1H2. The zero-order chi connectivity index (χ0) is 24.6. The van der Waals surface area contributed by atoms with Gasteiger partial charge in [-0.3, -0.25) is 14.2 Å². The van der Waals surface area contributed by atoms with Crippen LogP contribution in [0.5, 0.6) is 0 Å². The molecule has 1 aromatic carbocycles. The molecule has 35 heavy (non-hydrogen) atoms.